The highest BCUT2D eigenvalue weighted by Gasteiger charge is 1.95. The van der Waals surface area contributed by atoms with E-state index in [1.165, 1.54) is 0 Å². The minimum Gasteiger partial charge on any atom is -0.388 e. The number of aryl methyl sites for hydroxylation is 1. The van der Waals surface area contributed by atoms with Crippen molar-refractivity contribution in [2.24, 2.45) is 0 Å². The van der Waals surface area contributed by atoms with E-state index in [2.05, 4.69) is 17.0 Å². The second kappa shape index (κ2) is 3.31. The van der Waals surface area contributed by atoms with E-state index in [9.17, 15) is 0 Å². The highest BCUT2D eigenvalue weighted by Crippen LogP contribution is 1.90. The first-order valence-electron chi connectivity index (χ1n) is 3.36. The fraction of sp³-hybridized carbons (Fsp3) is 0.667. The Morgan fingerprint density at radius 1 is 1.70 bits per heavy atom. The van der Waals surface area contributed by atoms with Crippen LogP contribution >= 0.6 is 0 Å². The van der Waals surface area contributed by atoms with Crippen LogP contribution in [0.4, 0.5) is 0 Å². The zero-order chi connectivity index (χ0) is 7.40. The van der Waals surface area contributed by atoms with Crippen molar-refractivity contribution in [1.29, 1.82) is 0 Å². The summed E-state index contributed by atoms with van der Waals surface area (Å²) in [4.78, 5) is 3.86. The molecule has 0 aliphatic carbocycles. The molecule has 0 radical (unpaired) electrons. The number of aliphatic hydroxyl groups excluding tert-OH is 1. The molecule has 0 saturated heterocycles. The Hall–Kier alpha value is -0.900. The van der Waals surface area contributed by atoms with Gasteiger partial charge in [0.15, 0.2) is 5.82 Å². The predicted octanol–water partition coefficient (Wildman–Crippen LogP) is 0.180. The van der Waals surface area contributed by atoms with Crippen molar-refractivity contribution in [1.82, 2.24) is 14.8 Å². The predicted molar refractivity (Wildman–Crippen MR) is 36.2 cm³/mol. The third-order valence-corrected chi connectivity index (χ3v) is 1.18. The maximum absolute atomic E-state index is 8.58. The largest absolute Gasteiger partial charge is 0.388 e. The van der Waals surface area contributed by atoms with Gasteiger partial charge in [-0.1, -0.05) is 6.92 Å². The van der Waals surface area contributed by atoms with Gasteiger partial charge in [0.1, 0.15) is 12.9 Å². The van der Waals surface area contributed by atoms with E-state index >= 15 is 0 Å². The molecule has 0 aliphatic rings. The van der Waals surface area contributed by atoms with Gasteiger partial charge < -0.3 is 5.11 Å². The normalized spacial score (nSPS) is 10.2. The molecule has 0 amide bonds. The molecule has 0 atom stereocenters. The lowest BCUT2D eigenvalue weighted by Crippen LogP contribution is -1.97. The summed E-state index contributed by atoms with van der Waals surface area (Å²) in [7, 11) is 0. The Balaban J connectivity index is 2.59. The molecule has 1 rings (SSSR count). The summed E-state index contributed by atoms with van der Waals surface area (Å²) in [6, 6.07) is 0. The van der Waals surface area contributed by atoms with Crippen LogP contribution in [0.3, 0.4) is 0 Å². The van der Waals surface area contributed by atoms with Crippen molar-refractivity contribution in [3.05, 3.63) is 12.2 Å². The van der Waals surface area contributed by atoms with Crippen molar-refractivity contribution in [2.45, 2.75) is 26.5 Å². The van der Waals surface area contributed by atoms with Crippen LogP contribution in [-0.2, 0) is 13.2 Å². The van der Waals surface area contributed by atoms with Crippen LogP contribution in [0.1, 0.15) is 19.2 Å². The monoisotopic (exact) mass is 141 g/mol. The van der Waals surface area contributed by atoms with Gasteiger partial charge in [-0.2, -0.15) is 5.10 Å². The minimum atomic E-state index is -0.0727. The van der Waals surface area contributed by atoms with Crippen molar-refractivity contribution in [3.8, 4) is 0 Å². The first-order valence-corrected chi connectivity index (χ1v) is 3.36. The number of hydrogen-bond acceptors (Lipinski definition) is 3. The average molecular weight is 141 g/mol. The molecular weight excluding hydrogens is 130 g/mol. The summed E-state index contributed by atoms with van der Waals surface area (Å²) in [5, 5.41) is 12.6. The van der Waals surface area contributed by atoms with Gasteiger partial charge in [-0.15, -0.1) is 0 Å². The molecule has 0 spiro atoms. The van der Waals surface area contributed by atoms with Gasteiger partial charge in [-0.05, 0) is 6.42 Å². The van der Waals surface area contributed by atoms with Gasteiger partial charge in [-0.3, -0.25) is 4.68 Å². The lowest BCUT2D eigenvalue weighted by Gasteiger charge is -1.92. The molecule has 4 heteroatoms. The lowest BCUT2D eigenvalue weighted by molar-refractivity contribution is 0.270. The van der Waals surface area contributed by atoms with Gasteiger partial charge in [0.2, 0.25) is 0 Å². The second-order valence-corrected chi connectivity index (χ2v) is 2.08. The Morgan fingerprint density at radius 3 is 3.00 bits per heavy atom. The SMILES string of the molecule is CCCn1cnc(CO)n1. The molecule has 1 aromatic heterocycles. The van der Waals surface area contributed by atoms with Crippen LogP contribution in [0, 0.1) is 0 Å². The summed E-state index contributed by atoms with van der Waals surface area (Å²) >= 11 is 0. The average Bonchev–Trinajstić information content (AvgIpc) is 2.37. The fourth-order valence-corrected chi connectivity index (χ4v) is 0.742. The molecular formula is C6H11N3O. The number of rotatable bonds is 3. The second-order valence-electron chi connectivity index (χ2n) is 2.08. The molecule has 0 fully saturated rings. The standard InChI is InChI=1S/C6H11N3O/c1-2-3-9-5-7-6(4-10)8-9/h5,10H,2-4H2,1H3. The molecule has 0 bridgehead atoms. The van der Waals surface area contributed by atoms with E-state index in [1.54, 1.807) is 11.0 Å². The lowest BCUT2D eigenvalue weighted by atomic mass is 10.5. The Kier molecular flexibility index (Phi) is 2.39. The maximum atomic E-state index is 8.58. The summed E-state index contributed by atoms with van der Waals surface area (Å²) < 4.78 is 1.73. The number of hydrogen-bond donors (Lipinski definition) is 1. The van der Waals surface area contributed by atoms with Crippen molar-refractivity contribution in [2.75, 3.05) is 0 Å². The molecule has 0 saturated carbocycles. The summed E-state index contributed by atoms with van der Waals surface area (Å²) in [5.41, 5.74) is 0. The Morgan fingerprint density at radius 2 is 2.50 bits per heavy atom. The van der Waals surface area contributed by atoms with Gasteiger partial charge in [0, 0.05) is 6.54 Å². The van der Waals surface area contributed by atoms with Gasteiger partial charge in [0.25, 0.3) is 0 Å². The topological polar surface area (TPSA) is 50.9 Å². The number of aliphatic hydroxyl groups is 1. The van der Waals surface area contributed by atoms with Crippen LogP contribution in [0.15, 0.2) is 6.33 Å². The summed E-state index contributed by atoms with van der Waals surface area (Å²) in [6.45, 7) is 2.87. The van der Waals surface area contributed by atoms with E-state index in [0.717, 1.165) is 13.0 Å². The van der Waals surface area contributed by atoms with Gasteiger partial charge >= 0.3 is 0 Å². The van der Waals surface area contributed by atoms with E-state index < -0.39 is 0 Å². The summed E-state index contributed by atoms with van der Waals surface area (Å²) in [6.07, 6.45) is 2.67. The third-order valence-electron chi connectivity index (χ3n) is 1.18. The Labute approximate surface area is 59.5 Å². The quantitative estimate of drug-likeness (QED) is 0.653. The van der Waals surface area contributed by atoms with E-state index in [-0.39, 0.29) is 6.61 Å². The molecule has 0 unspecified atom stereocenters. The van der Waals surface area contributed by atoms with Crippen molar-refractivity contribution < 1.29 is 5.11 Å². The summed E-state index contributed by atoms with van der Waals surface area (Å²) in [5.74, 6) is 0.494. The van der Waals surface area contributed by atoms with Crippen molar-refractivity contribution in [3.63, 3.8) is 0 Å². The Bertz CT molecular complexity index is 197. The zero-order valence-electron chi connectivity index (χ0n) is 5.99. The highest BCUT2D eigenvalue weighted by molar-refractivity contribution is 4.76. The van der Waals surface area contributed by atoms with E-state index in [4.69, 9.17) is 5.11 Å². The van der Waals surface area contributed by atoms with Crippen LogP contribution in [0.2, 0.25) is 0 Å². The maximum Gasteiger partial charge on any atom is 0.175 e. The molecule has 0 aliphatic heterocycles. The fourth-order valence-electron chi connectivity index (χ4n) is 0.742. The van der Waals surface area contributed by atoms with Gasteiger partial charge in [-0.25, -0.2) is 4.98 Å². The molecule has 1 aromatic rings. The highest BCUT2D eigenvalue weighted by atomic mass is 16.3. The number of nitrogens with zero attached hydrogens (tertiary/aromatic N) is 3. The minimum absolute atomic E-state index is 0.0727. The molecule has 1 N–H and O–H groups in total. The molecule has 10 heavy (non-hydrogen) atoms. The third kappa shape index (κ3) is 1.54. The first kappa shape index (κ1) is 7.21. The molecule has 4 nitrogen and oxygen atoms in total. The van der Waals surface area contributed by atoms with Gasteiger partial charge in [0.05, 0.1) is 0 Å². The van der Waals surface area contributed by atoms with E-state index in [0.29, 0.717) is 5.82 Å². The van der Waals surface area contributed by atoms with Crippen molar-refractivity contribution >= 4 is 0 Å². The van der Waals surface area contributed by atoms with Crippen LogP contribution in [0.5, 0.6) is 0 Å². The molecule has 1 heterocycles. The van der Waals surface area contributed by atoms with Crippen LogP contribution in [0.25, 0.3) is 0 Å². The zero-order valence-corrected chi connectivity index (χ0v) is 5.99. The van der Waals surface area contributed by atoms with Crippen LogP contribution in [-0.4, -0.2) is 19.9 Å². The smallest absolute Gasteiger partial charge is 0.175 e. The number of aromatic nitrogens is 3. The molecule has 0 aromatic carbocycles. The van der Waals surface area contributed by atoms with Crippen LogP contribution < -0.4 is 0 Å². The molecule has 56 valence electrons. The first-order chi connectivity index (χ1) is 4.86. The van der Waals surface area contributed by atoms with E-state index in [1.807, 2.05) is 0 Å².